The van der Waals surface area contributed by atoms with Gasteiger partial charge in [-0.2, -0.15) is 0 Å². The van der Waals surface area contributed by atoms with Crippen molar-refractivity contribution in [2.75, 3.05) is 0 Å². The summed E-state index contributed by atoms with van der Waals surface area (Å²) < 4.78 is 0. The monoisotopic (exact) mass is 96.1 g/mol. The van der Waals surface area contributed by atoms with Gasteiger partial charge in [-0.25, -0.2) is 0 Å². The lowest BCUT2D eigenvalue weighted by Crippen LogP contribution is -2.19. The molecule has 0 bridgehead atoms. The van der Waals surface area contributed by atoms with Crippen LogP contribution in [0.15, 0.2) is 17.3 Å². The molecule has 0 aromatic heterocycles. The molecule has 1 aliphatic heterocycles. The summed E-state index contributed by atoms with van der Waals surface area (Å²) in [5.74, 6) is 0. The molecule has 0 fully saturated rings. The summed E-state index contributed by atoms with van der Waals surface area (Å²) in [7, 11) is 0. The first kappa shape index (κ1) is 4.37. The number of hydrogen-bond acceptors (Lipinski definition) is 2. The molecule has 0 aromatic rings. The van der Waals surface area contributed by atoms with E-state index in [0.29, 0.717) is 0 Å². The Morgan fingerprint density at radius 1 is 1.71 bits per heavy atom. The van der Waals surface area contributed by atoms with Gasteiger partial charge >= 0.3 is 0 Å². The molecule has 0 aromatic carbocycles. The van der Waals surface area contributed by atoms with Crippen molar-refractivity contribution in [1.29, 1.82) is 0 Å². The molecule has 0 saturated heterocycles. The summed E-state index contributed by atoms with van der Waals surface area (Å²) in [5.41, 5.74) is 0. The first-order valence-electron chi connectivity index (χ1n) is 2.34. The van der Waals surface area contributed by atoms with E-state index < -0.39 is 0 Å². The summed E-state index contributed by atoms with van der Waals surface area (Å²) in [5, 5.41) is 3.00. The van der Waals surface area contributed by atoms with Gasteiger partial charge in [0, 0.05) is 6.21 Å². The van der Waals surface area contributed by atoms with Crippen molar-refractivity contribution < 1.29 is 0 Å². The smallest absolute Gasteiger partial charge is 0.115 e. The summed E-state index contributed by atoms with van der Waals surface area (Å²) in [6.07, 6.45) is 5.82. The molecule has 1 aliphatic rings. The fourth-order valence-electron chi connectivity index (χ4n) is 0.460. The van der Waals surface area contributed by atoms with Crippen LogP contribution in [0.3, 0.4) is 0 Å². The number of rotatable bonds is 0. The maximum atomic E-state index is 4.01. The van der Waals surface area contributed by atoms with Crippen LogP contribution in [-0.2, 0) is 0 Å². The second-order valence-electron chi connectivity index (χ2n) is 1.50. The highest BCUT2D eigenvalue weighted by molar-refractivity contribution is 5.71. The molecule has 1 heterocycles. The Hall–Kier alpha value is -0.790. The number of hydrogen-bond donors (Lipinski definition) is 1. The van der Waals surface area contributed by atoms with E-state index in [1.54, 1.807) is 6.21 Å². The van der Waals surface area contributed by atoms with Crippen molar-refractivity contribution in [2.45, 2.75) is 13.1 Å². The molecule has 1 N–H and O–H groups in total. The van der Waals surface area contributed by atoms with Crippen LogP contribution in [0.5, 0.6) is 0 Å². The molecule has 1 atom stereocenters. The van der Waals surface area contributed by atoms with Crippen LogP contribution in [0.25, 0.3) is 0 Å². The normalized spacial score (nSPS) is 27.3. The molecular weight excluding hydrogens is 88.1 g/mol. The lowest BCUT2D eigenvalue weighted by atomic mass is 10.5. The third kappa shape index (κ3) is 1.03. The van der Waals surface area contributed by atoms with E-state index in [9.17, 15) is 0 Å². The van der Waals surface area contributed by atoms with E-state index in [2.05, 4.69) is 10.3 Å². The van der Waals surface area contributed by atoms with E-state index in [1.807, 2.05) is 19.2 Å². The Kier molecular flexibility index (Phi) is 1.11. The van der Waals surface area contributed by atoms with Gasteiger partial charge < -0.3 is 5.32 Å². The predicted molar refractivity (Wildman–Crippen MR) is 30.2 cm³/mol. The highest BCUT2D eigenvalue weighted by atomic mass is 15.0. The number of aliphatic imine (C=N–C) groups is 1. The molecule has 0 spiro atoms. The summed E-state index contributed by atoms with van der Waals surface area (Å²) in [6.45, 7) is 2.00. The number of nitrogens with zero attached hydrogens (tertiary/aromatic N) is 1. The highest BCUT2D eigenvalue weighted by Gasteiger charge is 1.91. The average Bonchev–Trinajstić information content (AvgIpc) is 1.69. The zero-order valence-electron chi connectivity index (χ0n) is 4.26. The van der Waals surface area contributed by atoms with Crippen LogP contribution in [0.1, 0.15) is 6.92 Å². The highest BCUT2D eigenvalue weighted by Crippen LogP contribution is 1.85. The van der Waals surface area contributed by atoms with Gasteiger partial charge in [0.2, 0.25) is 0 Å². The van der Waals surface area contributed by atoms with Crippen LogP contribution in [0, 0.1) is 0 Å². The summed E-state index contributed by atoms with van der Waals surface area (Å²) in [4.78, 5) is 4.01. The van der Waals surface area contributed by atoms with Crippen LogP contribution >= 0.6 is 0 Å². The second kappa shape index (κ2) is 1.78. The minimum atomic E-state index is 0.269. The maximum absolute atomic E-state index is 4.01. The van der Waals surface area contributed by atoms with Crippen molar-refractivity contribution >= 4 is 6.21 Å². The van der Waals surface area contributed by atoms with Gasteiger partial charge in [0.1, 0.15) is 6.17 Å². The second-order valence-corrected chi connectivity index (χ2v) is 1.50. The van der Waals surface area contributed by atoms with E-state index in [0.717, 1.165) is 0 Å². The van der Waals surface area contributed by atoms with E-state index in [4.69, 9.17) is 0 Å². The van der Waals surface area contributed by atoms with Gasteiger partial charge in [-0.1, -0.05) is 0 Å². The van der Waals surface area contributed by atoms with Crippen LogP contribution in [-0.4, -0.2) is 12.4 Å². The Morgan fingerprint density at radius 2 is 2.57 bits per heavy atom. The van der Waals surface area contributed by atoms with Crippen molar-refractivity contribution in [1.82, 2.24) is 5.32 Å². The Bertz CT molecular complexity index is 105. The van der Waals surface area contributed by atoms with E-state index >= 15 is 0 Å². The molecule has 1 rings (SSSR count). The molecule has 38 valence electrons. The van der Waals surface area contributed by atoms with Gasteiger partial charge in [0.25, 0.3) is 0 Å². The molecule has 0 unspecified atom stereocenters. The molecule has 0 amide bonds. The molecule has 0 aliphatic carbocycles. The van der Waals surface area contributed by atoms with Crippen LogP contribution in [0.4, 0.5) is 0 Å². The van der Waals surface area contributed by atoms with Gasteiger partial charge in [-0.15, -0.1) is 0 Å². The zero-order chi connectivity index (χ0) is 5.11. The average molecular weight is 96.1 g/mol. The molecule has 0 saturated carbocycles. The quantitative estimate of drug-likeness (QED) is 0.467. The lowest BCUT2D eigenvalue weighted by Gasteiger charge is -2.06. The Labute approximate surface area is 42.9 Å². The molecule has 2 nitrogen and oxygen atoms in total. The van der Waals surface area contributed by atoms with Crippen molar-refractivity contribution in [2.24, 2.45) is 4.99 Å². The van der Waals surface area contributed by atoms with Crippen LogP contribution in [0.2, 0.25) is 0 Å². The lowest BCUT2D eigenvalue weighted by molar-refractivity contribution is 0.670. The largest absolute Gasteiger partial charge is 0.370 e. The van der Waals surface area contributed by atoms with E-state index in [1.165, 1.54) is 0 Å². The third-order valence-corrected chi connectivity index (χ3v) is 0.829. The van der Waals surface area contributed by atoms with Crippen molar-refractivity contribution in [3.8, 4) is 0 Å². The maximum Gasteiger partial charge on any atom is 0.115 e. The Morgan fingerprint density at radius 3 is 2.86 bits per heavy atom. The molecule has 2 heteroatoms. The van der Waals surface area contributed by atoms with E-state index in [-0.39, 0.29) is 6.17 Å². The van der Waals surface area contributed by atoms with Crippen LogP contribution < -0.4 is 5.32 Å². The number of nitrogens with one attached hydrogen (secondary N) is 1. The summed E-state index contributed by atoms with van der Waals surface area (Å²) in [6, 6.07) is 0. The topological polar surface area (TPSA) is 24.4 Å². The first-order chi connectivity index (χ1) is 3.39. The Balaban J connectivity index is 2.49. The first-order valence-corrected chi connectivity index (χ1v) is 2.34. The minimum Gasteiger partial charge on any atom is -0.370 e. The fourth-order valence-corrected chi connectivity index (χ4v) is 0.460. The predicted octanol–water partition coefficient (Wildman–Crippen LogP) is 0.520. The van der Waals surface area contributed by atoms with Gasteiger partial charge in [0.15, 0.2) is 0 Å². The number of allylic oxidation sites excluding steroid dienone is 1. The van der Waals surface area contributed by atoms with Gasteiger partial charge in [-0.05, 0) is 19.2 Å². The fraction of sp³-hybridized carbons (Fsp3) is 0.400. The standard InChI is InChI=1S/C5H8N2/c1-5-6-3-2-4-7-5/h2-6H,1H3/t5-/m0/s1. The molecule has 0 radical (unpaired) electrons. The third-order valence-electron chi connectivity index (χ3n) is 0.829. The zero-order valence-corrected chi connectivity index (χ0v) is 4.26. The van der Waals surface area contributed by atoms with Crippen molar-refractivity contribution in [3.63, 3.8) is 0 Å². The SMILES string of the molecule is C[C@@H]1N=CC=CN1. The summed E-state index contributed by atoms with van der Waals surface area (Å²) >= 11 is 0. The van der Waals surface area contributed by atoms with Gasteiger partial charge in [0.05, 0.1) is 0 Å². The molecular formula is C5H8N2. The minimum absolute atomic E-state index is 0.269. The van der Waals surface area contributed by atoms with Crippen molar-refractivity contribution in [3.05, 3.63) is 12.3 Å². The van der Waals surface area contributed by atoms with Gasteiger partial charge in [-0.3, -0.25) is 4.99 Å². The molecule has 7 heavy (non-hydrogen) atoms.